The summed E-state index contributed by atoms with van der Waals surface area (Å²) in [6.07, 6.45) is -0.406. The maximum absolute atomic E-state index is 13.2. The number of Topliss-reactive ketones (excluding diaryl/α,β-unsaturated/α-hetero) is 1. The van der Waals surface area contributed by atoms with Crippen LogP contribution in [0.4, 0.5) is 5.69 Å². The van der Waals surface area contributed by atoms with E-state index < -0.39 is 23.7 Å². The zero-order valence-electron chi connectivity index (χ0n) is 16.4. The van der Waals surface area contributed by atoms with Crippen LogP contribution >= 0.6 is 23.2 Å². The third-order valence-electron chi connectivity index (χ3n) is 5.22. The molecule has 0 saturated heterocycles. The van der Waals surface area contributed by atoms with E-state index in [-0.39, 0.29) is 23.7 Å². The summed E-state index contributed by atoms with van der Waals surface area (Å²) < 4.78 is 5.70. The number of rotatable bonds is 7. The van der Waals surface area contributed by atoms with Gasteiger partial charge in [0.1, 0.15) is 12.4 Å². The van der Waals surface area contributed by atoms with Crippen molar-refractivity contribution in [1.29, 1.82) is 0 Å². The van der Waals surface area contributed by atoms with Crippen LogP contribution in [0, 0.1) is 0 Å². The Bertz CT molecular complexity index is 1140. The van der Waals surface area contributed by atoms with Gasteiger partial charge < -0.3 is 14.7 Å². The fourth-order valence-corrected chi connectivity index (χ4v) is 3.97. The lowest BCUT2D eigenvalue weighted by molar-refractivity contribution is -0.135. The fraction of sp³-hybridized carbons (Fsp3) is 0.167. The average molecular weight is 456 g/mol. The zero-order chi connectivity index (χ0) is 22.0. The van der Waals surface area contributed by atoms with Crippen LogP contribution in [0.25, 0.3) is 0 Å². The number of halogens is 2. The lowest BCUT2D eigenvalue weighted by atomic mass is 9.88. The van der Waals surface area contributed by atoms with Crippen molar-refractivity contribution in [3.05, 3.63) is 94.0 Å². The van der Waals surface area contributed by atoms with Crippen molar-refractivity contribution in [2.24, 2.45) is 0 Å². The van der Waals surface area contributed by atoms with E-state index in [0.29, 0.717) is 22.0 Å². The first-order chi connectivity index (χ1) is 14.9. The number of ether oxygens (including phenoxy) is 1. The summed E-state index contributed by atoms with van der Waals surface area (Å²) in [6, 6.07) is 20.6. The second kappa shape index (κ2) is 8.71. The summed E-state index contributed by atoms with van der Waals surface area (Å²) in [5, 5.41) is 11.9. The molecule has 158 valence electrons. The highest BCUT2D eigenvalue weighted by Crippen LogP contribution is 2.42. The van der Waals surface area contributed by atoms with Gasteiger partial charge in [-0.3, -0.25) is 9.59 Å². The number of carbonyl (C=O) groups excluding carboxylic acids is 2. The lowest BCUT2D eigenvalue weighted by Crippen LogP contribution is -2.43. The molecule has 0 aliphatic carbocycles. The number of benzene rings is 3. The molecule has 1 amide bonds. The van der Waals surface area contributed by atoms with E-state index in [0.717, 1.165) is 0 Å². The molecule has 0 radical (unpaired) electrons. The third-order valence-corrected chi connectivity index (χ3v) is 5.96. The summed E-state index contributed by atoms with van der Waals surface area (Å²) >= 11 is 11.9. The molecule has 0 aromatic heterocycles. The molecule has 0 fully saturated rings. The van der Waals surface area contributed by atoms with Crippen LogP contribution in [0.5, 0.6) is 5.75 Å². The Morgan fingerprint density at radius 2 is 1.68 bits per heavy atom. The Morgan fingerprint density at radius 3 is 2.42 bits per heavy atom. The summed E-state index contributed by atoms with van der Waals surface area (Å²) in [5.41, 5.74) is -0.729. The first-order valence-corrected chi connectivity index (χ1v) is 10.5. The van der Waals surface area contributed by atoms with Gasteiger partial charge in [0, 0.05) is 11.1 Å². The zero-order valence-corrected chi connectivity index (χ0v) is 17.9. The normalized spacial score (nSPS) is 17.5. The van der Waals surface area contributed by atoms with Gasteiger partial charge in [0.2, 0.25) is 0 Å². The van der Waals surface area contributed by atoms with Crippen molar-refractivity contribution in [2.45, 2.75) is 12.0 Å². The number of aliphatic hydroxyl groups is 1. The van der Waals surface area contributed by atoms with Gasteiger partial charge in [0.15, 0.2) is 11.4 Å². The summed E-state index contributed by atoms with van der Waals surface area (Å²) in [7, 11) is 0. The lowest BCUT2D eigenvalue weighted by Gasteiger charge is -2.23. The molecular weight excluding hydrogens is 437 g/mol. The predicted octanol–water partition coefficient (Wildman–Crippen LogP) is 4.88. The first kappa shape index (κ1) is 21.4. The van der Waals surface area contributed by atoms with Crippen molar-refractivity contribution >= 4 is 40.6 Å². The SMILES string of the molecule is O=C(CC1(O)C(=O)N(CCOc2ccccc2)c2ccccc21)c1ccc(Cl)c(Cl)c1. The summed E-state index contributed by atoms with van der Waals surface area (Å²) in [6.45, 7) is 0.467. The van der Waals surface area contributed by atoms with Gasteiger partial charge >= 0.3 is 0 Å². The molecule has 1 N–H and O–H groups in total. The Kier molecular flexibility index (Phi) is 6.01. The molecule has 3 aromatic carbocycles. The molecule has 1 aliphatic heterocycles. The Morgan fingerprint density at radius 1 is 0.968 bits per heavy atom. The van der Waals surface area contributed by atoms with Crippen LogP contribution in [0.1, 0.15) is 22.3 Å². The van der Waals surface area contributed by atoms with E-state index in [1.807, 2.05) is 30.3 Å². The van der Waals surface area contributed by atoms with E-state index >= 15 is 0 Å². The number of fused-ring (bicyclic) bond motifs is 1. The largest absolute Gasteiger partial charge is 0.492 e. The van der Waals surface area contributed by atoms with E-state index in [1.165, 1.54) is 23.1 Å². The van der Waals surface area contributed by atoms with Gasteiger partial charge in [-0.1, -0.05) is 59.6 Å². The van der Waals surface area contributed by atoms with Crippen molar-refractivity contribution < 1.29 is 19.4 Å². The quantitative estimate of drug-likeness (QED) is 0.515. The molecule has 0 bridgehead atoms. The molecule has 1 aliphatic rings. The van der Waals surface area contributed by atoms with Crippen molar-refractivity contribution in [3.63, 3.8) is 0 Å². The molecule has 5 nitrogen and oxygen atoms in total. The van der Waals surface area contributed by atoms with Gasteiger partial charge in [-0.25, -0.2) is 0 Å². The Balaban J connectivity index is 1.55. The predicted molar refractivity (Wildman–Crippen MR) is 120 cm³/mol. The monoisotopic (exact) mass is 455 g/mol. The highest BCUT2D eigenvalue weighted by atomic mass is 35.5. The molecule has 3 aromatic rings. The fourth-order valence-electron chi connectivity index (χ4n) is 3.67. The second-order valence-corrected chi connectivity index (χ2v) is 8.04. The minimum absolute atomic E-state index is 0.230. The summed E-state index contributed by atoms with van der Waals surface area (Å²) in [5.74, 6) is -0.280. The molecule has 0 spiro atoms. The van der Waals surface area contributed by atoms with Crippen molar-refractivity contribution in [3.8, 4) is 5.75 Å². The Hall–Kier alpha value is -2.86. The molecule has 1 unspecified atom stereocenters. The molecule has 31 heavy (non-hydrogen) atoms. The minimum atomic E-state index is -1.97. The highest BCUT2D eigenvalue weighted by Gasteiger charge is 2.50. The number of para-hydroxylation sites is 2. The molecule has 7 heteroatoms. The highest BCUT2D eigenvalue weighted by molar-refractivity contribution is 6.42. The number of nitrogens with zero attached hydrogens (tertiary/aromatic N) is 1. The summed E-state index contributed by atoms with van der Waals surface area (Å²) in [4.78, 5) is 27.6. The second-order valence-electron chi connectivity index (χ2n) is 7.22. The van der Waals surface area contributed by atoms with Crippen LogP contribution in [0.15, 0.2) is 72.8 Å². The van der Waals surface area contributed by atoms with Gasteiger partial charge in [-0.15, -0.1) is 0 Å². The maximum atomic E-state index is 13.2. The van der Waals surface area contributed by atoms with Crippen LogP contribution in [-0.4, -0.2) is 29.9 Å². The van der Waals surface area contributed by atoms with Crippen LogP contribution in [0.2, 0.25) is 10.0 Å². The van der Waals surface area contributed by atoms with Crippen LogP contribution < -0.4 is 9.64 Å². The average Bonchev–Trinajstić information content (AvgIpc) is 2.98. The number of ketones is 1. The van der Waals surface area contributed by atoms with E-state index in [9.17, 15) is 14.7 Å². The third kappa shape index (κ3) is 4.17. The Labute approximate surface area is 189 Å². The molecule has 4 rings (SSSR count). The molecular formula is C24H19Cl2NO4. The van der Waals surface area contributed by atoms with E-state index in [4.69, 9.17) is 27.9 Å². The maximum Gasteiger partial charge on any atom is 0.264 e. The van der Waals surface area contributed by atoms with Crippen molar-refractivity contribution in [2.75, 3.05) is 18.1 Å². The smallest absolute Gasteiger partial charge is 0.264 e. The number of carbonyl (C=O) groups is 2. The van der Waals surface area contributed by atoms with Crippen LogP contribution in [0.3, 0.4) is 0 Å². The number of hydrogen-bond donors (Lipinski definition) is 1. The number of anilines is 1. The van der Waals surface area contributed by atoms with Gasteiger partial charge in [0.25, 0.3) is 5.91 Å². The number of hydrogen-bond acceptors (Lipinski definition) is 4. The van der Waals surface area contributed by atoms with E-state index in [1.54, 1.807) is 24.3 Å². The van der Waals surface area contributed by atoms with Crippen molar-refractivity contribution in [1.82, 2.24) is 0 Å². The van der Waals surface area contributed by atoms with Crippen LogP contribution in [-0.2, 0) is 10.4 Å². The molecule has 1 heterocycles. The van der Waals surface area contributed by atoms with Gasteiger partial charge in [-0.2, -0.15) is 0 Å². The van der Waals surface area contributed by atoms with Gasteiger partial charge in [0.05, 0.1) is 28.7 Å². The van der Waals surface area contributed by atoms with E-state index in [2.05, 4.69) is 0 Å². The first-order valence-electron chi connectivity index (χ1n) is 9.70. The number of amides is 1. The van der Waals surface area contributed by atoms with Gasteiger partial charge in [-0.05, 0) is 36.4 Å². The minimum Gasteiger partial charge on any atom is -0.492 e. The topological polar surface area (TPSA) is 66.8 Å². The standard InChI is InChI=1S/C24H19Cl2NO4/c25-19-11-10-16(14-20(19)26)22(28)15-24(30)18-8-4-5-9-21(18)27(23(24)29)12-13-31-17-6-2-1-3-7-17/h1-11,14,30H,12-13,15H2. The molecule has 1 atom stereocenters. The molecule has 0 saturated carbocycles.